The lowest BCUT2D eigenvalue weighted by Gasteiger charge is -2.23. The van der Waals surface area contributed by atoms with Crippen LogP contribution in [0.4, 0.5) is 0 Å². The molecule has 1 aliphatic heterocycles. The van der Waals surface area contributed by atoms with E-state index in [1.165, 1.54) is 11.2 Å². The first-order chi connectivity index (χ1) is 7.67. The zero-order valence-electron chi connectivity index (χ0n) is 9.50. The van der Waals surface area contributed by atoms with Gasteiger partial charge in [-0.05, 0) is 13.3 Å². The normalized spacial score (nSPS) is 23.8. The molecular weight excluding hydrogens is 284 g/mol. The second-order valence-electron chi connectivity index (χ2n) is 3.99. The van der Waals surface area contributed by atoms with E-state index in [9.17, 15) is 16.8 Å². The predicted molar refractivity (Wildman–Crippen MR) is 70.0 cm³/mol. The Morgan fingerprint density at radius 1 is 1.35 bits per heavy atom. The first-order valence-electron chi connectivity index (χ1n) is 5.15. The summed E-state index contributed by atoms with van der Waals surface area (Å²) in [5.74, 6) is -0.114. The zero-order chi connectivity index (χ0) is 13.3. The molecule has 1 aliphatic rings. The average molecular weight is 300 g/mol. The van der Waals surface area contributed by atoms with Gasteiger partial charge in [-0.3, -0.25) is 0 Å². The maximum Gasteiger partial charge on any atom is 0.223 e. The standard InChI is InChI=1S/C8H16N2O4S3/c1-7(8(9)15)17(13,14)10-3-2-5-16(11,12)6-4-10/h7H,2-6H2,1H3,(H2,9,15). The van der Waals surface area contributed by atoms with Gasteiger partial charge in [-0.1, -0.05) is 12.2 Å². The van der Waals surface area contributed by atoms with Crippen molar-refractivity contribution >= 4 is 37.1 Å². The van der Waals surface area contributed by atoms with Crippen molar-refractivity contribution in [3.8, 4) is 0 Å². The van der Waals surface area contributed by atoms with Gasteiger partial charge in [0.1, 0.15) is 5.25 Å². The van der Waals surface area contributed by atoms with Gasteiger partial charge in [0, 0.05) is 13.1 Å². The van der Waals surface area contributed by atoms with Gasteiger partial charge < -0.3 is 5.73 Å². The molecule has 1 atom stereocenters. The molecule has 1 saturated heterocycles. The molecule has 1 heterocycles. The highest BCUT2D eigenvalue weighted by Crippen LogP contribution is 2.14. The molecule has 0 aromatic carbocycles. The fourth-order valence-corrected chi connectivity index (χ4v) is 4.76. The van der Waals surface area contributed by atoms with E-state index in [0.717, 1.165) is 0 Å². The highest BCUT2D eigenvalue weighted by Gasteiger charge is 2.33. The van der Waals surface area contributed by atoms with Crippen molar-refractivity contribution in [1.82, 2.24) is 4.31 Å². The Morgan fingerprint density at radius 2 is 1.94 bits per heavy atom. The first-order valence-corrected chi connectivity index (χ1v) is 8.89. The SMILES string of the molecule is CC(C(N)=S)S(=O)(=O)N1CCCS(=O)(=O)CC1. The summed E-state index contributed by atoms with van der Waals surface area (Å²) in [6.45, 7) is 1.60. The van der Waals surface area contributed by atoms with Crippen molar-refractivity contribution in [2.24, 2.45) is 5.73 Å². The van der Waals surface area contributed by atoms with E-state index < -0.39 is 25.1 Å². The summed E-state index contributed by atoms with van der Waals surface area (Å²) in [6, 6.07) is 0. The monoisotopic (exact) mass is 300 g/mol. The Balaban J connectivity index is 2.91. The minimum atomic E-state index is -3.63. The Kier molecular flexibility index (Phi) is 4.50. The second-order valence-corrected chi connectivity index (χ2v) is 9.02. The summed E-state index contributed by atoms with van der Waals surface area (Å²) >= 11 is 4.67. The van der Waals surface area contributed by atoms with Crippen LogP contribution in [0.2, 0.25) is 0 Å². The fraction of sp³-hybridized carbons (Fsp3) is 0.875. The number of sulfonamides is 1. The number of rotatable bonds is 3. The van der Waals surface area contributed by atoms with E-state index >= 15 is 0 Å². The Morgan fingerprint density at radius 3 is 2.47 bits per heavy atom. The van der Waals surface area contributed by atoms with Gasteiger partial charge >= 0.3 is 0 Å². The van der Waals surface area contributed by atoms with Gasteiger partial charge in [0.2, 0.25) is 10.0 Å². The molecule has 6 nitrogen and oxygen atoms in total. The molecule has 9 heteroatoms. The van der Waals surface area contributed by atoms with Crippen LogP contribution in [-0.2, 0) is 19.9 Å². The van der Waals surface area contributed by atoms with Crippen LogP contribution in [0.15, 0.2) is 0 Å². The highest BCUT2D eigenvalue weighted by atomic mass is 32.2. The van der Waals surface area contributed by atoms with Crippen LogP contribution in [-0.4, -0.2) is 56.0 Å². The van der Waals surface area contributed by atoms with E-state index in [1.54, 1.807) is 0 Å². The lowest BCUT2D eigenvalue weighted by atomic mass is 10.5. The Hall–Kier alpha value is -0.250. The van der Waals surface area contributed by atoms with E-state index in [1.807, 2.05) is 0 Å². The summed E-state index contributed by atoms with van der Waals surface area (Å²) < 4.78 is 48.0. The maximum absolute atomic E-state index is 12.1. The van der Waals surface area contributed by atoms with Crippen molar-refractivity contribution in [3.05, 3.63) is 0 Å². The third-order valence-electron chi connectivity index (χ3n) is 2.72. The number of hydrogen-bond acceptors (Lipinski definition) is 5. The first kappa shape index (κ1) is 14.8. The minimum Gasteiger partial charge on any atom is -0.392 e. The van der Waals surface area contributed by atoms with Crippen LogP contribution in [0, 0.1) is 0 Å². The van der Waals surface area contributed by atoms with Gasteiger partial charge in [-0.2, -0.15) is 0 Å². The maximum atomic E-state index is 12.1. The summed E-state index contributed by atoms with van der Waals surface area (Å²) in [4.78, 5) is -0.0999. The van der Waals surface area contributed by atoms with Crippen LogP contribution in [0.25, 0.3) is 0 Å². The van der Waals surface area contributed by atoms with Crippen LogP contribution in [0.1, 0.15) is 13.3 Å². The molecule has 0 spiro atoms. The van der Waals surface area contributed by atoms with E-state index in [0.29, 0.717) is 6.42 Å². The highest BCUT2D eigenvalue weighted by molar-refractivity contribution is 7.93. The molecule has 0 aromatic rings. The fourth-order valence-electron chi connectivity index (χ4n) is 1.54. The minimum absolute atomic E-state index is 0.0162. The summed E-state index contributed by atoms with van der Waals surface area (Å²) in [5.41, 5.74) is 5.33. The number of nitrogens with zero attached hydrogens (tertiary/aromatic N) is 1. The van der Waals surface area contributed by atoms with Crippen molar-refractivity contribution in [3.63, 3.8) is 0 Å². The van der Waals surface area contributed by atoms with Gasteiger partial charge in [0.25, 0.3) is 0 Å². The van der Waals surface area contributed by atoms with Gasteiger partial charge in [0.15, 0.2) is 9.84 Å². The van der Waals surface area contributed by atoms with Gasteiger partial charge in [-0.25, -0.2) is 21.1 Å². The predicted octanol–water partition coefficient (Wildman–Crippen LogP) is -0.889. The topological polar surface area (TPSA) is 97.5 Å². The molecule has 1 rings (SSSR count). The van der Waals surface area contributed by atoms with Crippen LogP contribution >= 0.6 is 12.2 Å². The van der Waals surface area contributed by atoms with Crippen LogP contribution in [0.3, 0.4) is 0 Å². The quantitative estimate of drug-likeness (QED) is 0.679. The van der Waals surface area contributed by atoms with Gasteiger partial charge in [-0.15, -0.1) is 0 Å². The smallest absolute Gasteiger partial charge is 0.223 e. The summed E-state index contributed by atoms with van der Waals surface area (Å²) in [6.07, 6.45) is 0.311. The molecular formula is C8H16N2O4S3. The molecule has 0 saturated carbocycles. The number of thiocarbonyl (C=S) groups is 1. The molecule has 1 unspecified atom stereocenters. The largest absolute Gasteiger partial charge is 0.392 e. The molecule has 0 aromatic heterocycles. The molecule has 0 aliphatic carbocycles. The molecule has 0 radical (unpaired) electrons. The molecule has 2 N–H and O–H groups in total. The van der Waals surface area contributed by atoms with E-state index in [-0.39, 0.29) is 29.6 Å². The molecule has 17 heavy (non-hydrogen) atoms. The molecule has 1 fully saturated rings. The second kappa shape index (κ2) is 5.17. The van der Waals surface area contributed by atoms with Crippen LogP contribution < -0.4 is 5.73 Å². The zero-order valence-corrected chi connectivity index (χ0v) is 11.9. The van der Waals surface area contributed by atoms with Crippen molar-refractivity contribution in [1.29, 1.82) is 0 Å². The van der Waals surface area contributed by atoms with Crippen molar-refractivity contribution in [2.75, 3.05) is 24.6 Å². The van der Waals surface area contributed by atoms with Crippen LogP contribution in [0.5, 0.6) is 0 Å². The Labute approximate surface area is 107 Å². The van der Waals surface area contributed by atoms with E-state index in [2.05, 4.69) is 12.2 Å². The van der Waals surface area contributed by atoms with E-state index in [4.69, 9.17) is 5.73 Å². The molecule has 0 bridgehead atoms. The number of nitrogens with two attached hydrogens (primary N) is 1. The third-order valence-corrected chi connectivity index (χ3v) is 7.17. The summed E-state index contributed by atoms with van der Waals surface area (Å²) in [5, 5.41) is -0.960. The summed E-state index contributed by atoms with van der Waals surface area (Å²) in [7, 11) is -6.76. The van der Waals surface area contributed by atoms with Gasteiger partial charge in [0.05, 0.1) is 16.5 Å². The van der Waals surface area contributed by atoms with Crippen molar-refractivity contribution in [2.45, 2.75) is 18.6 Å². The third kappa shape index (κ3) is 3.60. The Bertz CT molecular complexity index is 497. The lowest BCUT2D eigenvalue weighted by Crippen LogP contribution is -2.44. The number of hydrogen-bond donors (Lipinski definition) is 1. The molecule has 0 amide bonds. The average Bonchev–Trinajstić information content (AvgIpc) is 2.38. The molecule has 100 valence electrons. The number of sulfone groups is 1. The van der Waals surface area contributed by atoms with Crippen molar-refractivity contribution < 1.29 is 16.8 Å². The lowest BCUT2D eigenvalue weighted by molar-refractivity contribution is 0.432.